The number of hydrogen-bond acceptors (Lipinski definition) is 4. The average Bonchev–Trinajstić information content (AvgIpc) is 2.94. The maximum Gasteiger partial charge on any atom is 0.306 e. The van der Waals surface area contributed by atoms with Gasteiger partial charge in [0.05, 0.1) is 13.2 Å². The van der Waals surface area contributed by atoms with Crippen molar-refractivity contribution >= 4 is 5.97 Å². The Bertz CT molecular complexity index is 543. The molecule has 0 radical (unpaired) electrons. The second-order valence-corrected chi connectivity index (χ2v) is 11.2. The zero-order valence-corrected chi connectivity index (χ0v) is 26.2. The third-order valence-corrected chi connectivity index (χ3v) is 7.25. The third-order valence-electron chi connectivity index (χ3n) is 7.25. The van der Waals surface area contributed by atoms with Crippen molar-refractivity contribution in [2.45, 2.75) is 174 Å². The van der Waals surface area contributed by atoms with Crippen molar-refractivity contribution in [1.82, 2.24) is 0 Å². The largest absolute Gasteiger partial charge is 0.457 e. The van der Waals surface area contributed by atoms with Crippen molar-refractivity contribution in [2.75, 3.05) is 19.8 Å². The number of unbranched alkanes of at least 4 members (excludes halogenated alkanes) is 19. The molecule has 0 aromatic heterocycles. The van der Waals surface area contributed by atoms with Crippen LogP contribution in [0.25, 0.3) is 0 Å². The van der Waals surface area contributed by atoms with Crippen molar-refractivity contribution in [3.05, 3.63) is 24.3 Å². The number of aliphatic hydroxyl groups excluding tert-OH is 1. The van der Waals surface area contributed by atoms with Gasteiger partial charge >= 0.3 is 5.97 Å². The number of esters is 1. The minimum absolute atomic E-state index is 0.176. The first-order valence-electron chi connectivity index (χ1n) is 16.9. The topological polar surface area (TPSA) is 55.8 Å². The molecule has 4 heteroatoms. The van der Waals surface area contributed by atoms with E-state index in [-0.39, 0.29) is 12.6 Å². The molecule has 1 unspecified atom stereocenters. The highest BCUT2D eigenvalue weighted by Gasteiger charge is 2.13. The normalized spacial score (nSPS) is 12.6. The molecule has 0 rings (SSSR count). The fourth-order valence-electron chi connectivity index (χ4n) is 4.65. The molecule has 0 aliphatic carbocycles. The summed E-state index contributed by atoms with van der Waals surface area (Å²) in [6.07, 6.45) is 37.8. The first kappa shape index (κ1) is 37.9. The lowest BCUT2D eigenvalue weighted by Crippen LogP contribution is -2.27. The maximum atomic E-state index is 12.1. The molecule has 0 heterocycles. The third kappa shape index (κ3) is 31.3. The summed E-state index contributed by atoms with van der Waals surface area (Å²) in [6.45, 7) is 5.28. The van der Waals surface area contributed by atoms with Crippen molar-refractivity contribution in [3.63, 3.8) is 0 Å². The van der Waals surface area contributed by atoms with Crippen molar-refractivity contribution in [1.29, 1.82) is 0 Å². The van der Waals surface area contributed by atoms with Crippen LogP contribution in [0.15, 0.2) is 24.3 Å². The minimum Gasteiger partial charge on any atom is -0.457 e. The molecule has 0 amide bonds. The van der Waals surface area contributed by atoms with E-state index in [9.17, 15) is 9.90 Å². The van der Waals surface area contributed by atoms with Crippen LogP contribution < -0.4 is 0 Å². The monoisotopic (exact) mass is 550 g/mol. The van der Waals surface area contributed by atoms with Crippen molar-refractivity contribution < 1.29 is 19.4 Å². The molecule has 0 aromatic carbocycles. The summed E-state index contributed by atoms with van der Waals surface area (Å²) >= 11 is 0. The number of allylic oxidation sites excluding steroid dienone is 4. The molecule has 0 aliphatic heterocycles. The van der Waals surface area contributed by atoms with Crippen LogP contribution >= 0.6 is 0 Å². The lowest BCUT2D eigenvalue weighted by atomic mass is 10.1. The molecule has 4 nitrogen and oxygen atoms in total. The zero-order valence-electron chi connectivity index (χ0n) is 26.2. The van der Waals surface area contributed by atoms with E-state index in [0.29, 0.717) is 19.6 Å². The standard InChI is InChI=1S/C35H66O4/c1-3-5-7-9-11-13-15-16-17-18-19-21-23-25-27-29-31-38-33-34(32-36)39-35(37)30-28-26-24-22-20-14-12-10-8-6-4-2/h10,12,16-17,34,36H,3-9,11,13-15,18-33H2,1-2H3/b12-10-,17-16-. The first-order chi connectivity index (χ1) is 19.2. The lowest BCUT2D eigenvalue weighted by molar-refractivity contribution is -0.154. The van der Waals surface area contributed by atoms with E-state index < -0.39 is 6.10 Å². The first-order valence-corrected chi connectivity index (χ1v) is 16.9. The van der Waals surface area contributed by atoms with Crippen LogP contribution in [-0.2, 0) is 14.3 Å². The van der Waals surface area contributed by atoms with Gasteiger partial charge in [-0.05, 0) is 57.8 Å². The van der Waals surface area contributed by atoms with Crippen LogP contribution in [0.4, 0.5) is 0 Å². The Morgan fingerprint density at radius 3 is 1.54 bits per heavy atom. The highest BCUT2D eigenvalue weighted by molar-refractivity contribution is 5.69. The van der Waals surface area contributed by atoms with E-state index in [1.54, 1.807) is 0 Å². The van der Waals surface area contributed by atoms with Crippen LogP contribution in [0.2, 0.25) is 0 Å². The fourth-order valence-corrected chi connectivity index (χ4v) is 4.65. The molecule has 39 heavy (non-hydrogen) atoms. The lowest BCUT2D eigenvalue weighted by Gasteiger charge is -2.15. The van der Waals surface area contributed by atoms with Gasteiger partial charge in [-0.3, -0.25) is 4.79 Å². The van der Waals surface area contributed by atoms with Crippen molar-refractivity contribution in [3.8, 4) is 0 Å². The fraction of sp³-hybridized carbons (Fsp3) is 0.857. The SMILES string of the molecule is CCCC/C=C\CCCCCCCC(=O)OC(CO)COCCCCCCCC/C=C\CCCCCCCC. The van der Waals surface area contributed by atoms with Crippen LogP contribution in [-0.4, -0.2) is 37.0 Å². The molecule has 0 fully saturated rings. The van der Waals surface area contributed by atoms with Crippen molar-refractivity contribution in [2.24, 2.45) is 0 Å². The van der Waals surface area contributed by atoms with Gasteiger partial charge in [0, 0.05) is 13.0 Å². The van der Waals surface area contributed by atoms with Gasteiger partial charge in [-0.2, -0.15) is 0 Å². The average molecular weight is 551 g/mol. The van der Waals surface area contributed by atoms with Gasteiger partial charge in [-0.1, -0.05) is 128 Å². The molecule has 0 saturated carbocycles. The molecule has 0 spiro atoms. The minimum atomic E-state index is -0.536. The predicted octanol–water partition coefficient (Wildman–Crippen LogP) is 10.4. The summed E-state index contributed by atoms with van der Waals surface area (Å²) in [5.41, 5.74) is 0. The molecular formula is C35H66O4. The second-order valence-electron chi connectivity index (χ2n) is 11.2. The molecule has 0 aromatic rings. The van der Waals surface area contributed by atoms with E-state index in [2.05, 4.69) is 38.2 Å². The number of hydrogen-bond donors (Lipinski definition) is 1. The van der Waals surface area contributed by atoms with Gasteiger partial charge in [0.25, 0.3) is 0 Å². The smallest absolute Gasteiger partial charge is 0.306 e. The number of aliphatic hydroxyl groups is 1. The van der Waals surface area contributed by atoms with Gasteiger partial charge in [0.2, 0.25) is 0 Å². The van der Waals surface area contributed by atoms with E-state index >= 15 is 0 Å². The van der Waals surface area contributed by atoms with Crippen LogP contribution in [0.3, 0.4) is 0 Å². The Kier molecular flexibility index (Phi) is 32.1. The number of carbonyl (C=O) groups excluding carboxylic acids is 1. The predicted molar refractivity (Wildman–Crippen MR) is 168 cm³/mol. The molecule has 0 saturated heterocycles. The Morgan fingerprint density at radius 1 is 0.590 bits per heavy atom. The van der Waals surface area contributed by atoms with Gasteiger partial charge in [-0.15, -0.1) is 0 Å². The maximum absolute atomic E-state index is 12.1. The molecular weight excluding hydrogens is 484 g/mol. The quantitative estimate of drug-likeness (QED) is 0.0530. The van der Waals surface area contributed by atoms with Gasteiger partial charge < -0.3 is 14.6 Å². The summed E-state index contributed by atoms with van der Waals surface area (Å²) in [4.78, 5) is 12.1. The zero-order chi connectivity index (χ0) is 28.5. The highest BCUT2D eigenvalue weighted by Crippen LogP contribution is 2.11. The Labute approximate surface area is 243 Å². The van der Waals surface area contributed by atoms with Crippen LogP contribution in [0, 0.1) is 0 Å². The van der Waals surface area contributed by atoms with Gasteiger partial charge in [0.1, 0.15) is 6.10 Å². The number of carbonyl (C=O) groups is 1. The molecule has 1 atom stereocenters. The summed E-state index contributed by atoms with van der Waals surface area (Å²) in [5, 5.41) is 9.51. The molecule has 1 N–H and O–H groups in total. The van der Waals surface area contributed by atoms with E-state index in [1.165, 1.54) is 128 Å². The summed E-state index contributed by atoms with van der Waals surface area (Å²) < 4.78 is 11.1. The van der Waals surface area contributed by atoms with Crippen LogP contribution in [0.5, 0.6) is 0 Å². The number of ether oxygens (including phenoxy) is 2. The summed E-state index contributed by atoms with van der Waals surface area (Å²) in [5.74, 6) is -0.214. The summed E-state index contributed by atoms with van der Waals surface area (Å²) in [6, 6.07) is 0. The van der Waals surface area contributed by atoms with Gasteiger partial charge in [-0.25, -0.2) is 0 Å². The van der Waals surface area contributed by atoms with E-state index in [0.717, 1.165) is 19.3 Å². The highest BCUT2D eigenvalue weighted by atomic mass is 16.6. The Balaban J connectivity index is 3.45. The molecule has 0 aliphatic rings. The molecule has 0 bridgehead atoms. The summed E-state index contributed by atoms with van der Waals surface area (Å²) in [7, 11) is 0. The Morgan fingerprint density at radius 2 is 1.03 bits per heavy atom. The number of rotatable bonds is 31. The van der Waals surface area contributed by atoms with Crippen LogP contribution in [0.1, 0.15) is 168 Å². The second kappa shape index (κ2) is 33.1. The Hall–Kier alpha value is -1.13. The van der Waals surface area contributed by atoms with Gasteiger partial charge in [0.15, 0.2) is 0 Å². The van der Waals surface area contributed by atoms with E-state index in [1.807, 2.05) is 0 Å². The molecule has 230 valence electrons. The van der Waals surface area contributed by atoms with E-state index in [4.69, 9.17) is 9.47 Å².